The number of hydrogen-bond acceptors (Lipinski definition) is 3. The highest BCUT2D eigenvalue weighted by molar-refractivity contribution is 7.72. The van der Waals surface area contributed by atoms with E-state index in [1.165, 1.54) is 38.5 Å². The Hall–Kier alpha value is -0.680. The predicted octanol–water partition coefficient (Wildman–Crippen LogP) is 7.55. The molecule has 204 valence electrons. The molecule has 0 aromatic heterocycles. The van der Waals surface area contributed by atoms with Gasteiger partial charge in [0.05, 0.1) is 6.61 Å². The summed E-state index contributed by atoms with van der Waals surface area (Å²) in [6.45, 7) is 4.85. The van der Waals surface area contributed by atoms with Crippen LogP contribution in [0, 0.1) is 0 Å². The fourth-order valence-corrected chi connectivity index (χ4v) is 7.48. The lowest BCUT2D eigenvalue weighted by Crippen LogP contribution is -2.32. The van der Waals surface area contributed by atoms with Crippen LogP contribution in [0.15, 0.2) is 24.3 Å². The van der Waals surface area contributed by atoms with Gasteiger partial charge in [-0.1, -0.05) is 109 Å². The minimum atomic E-state index is -5.12. The van der Waals surface area contributed by atoms with Crippen molar-refractivity contribution in [2.45, 2.75) is 121 Å². The van der Waals surface area contributed by atoms with Gasteiger partial charge in [0.1, 0.15) is 5.75 Å². The fourth-order valence-electron chi connectivity index (χ4n) is 4.44. The molecule has 0 atom stereocenters. The first-order valence-electron chi connectivity index (χ1n) is 13.4. The van der Waals surface area contributed by atoms with Crippen LogP contribution < -0.4 is 4.74 Å². The minimum Gasteiger partial charge on any atom is -0.494 e. The zero-order valence-corrected chi connectivity index (χ0v) is 23.5. The lowest BCUT2D eigenvalue weighted by Gasteiger charge is -2.35. The van der Waals surface area contributed by atoms with Crippen LogP contribution in [0.3, 0.4) is 0 Å². The highest BCUT2D eigenvalue weighted by Crippen LogP contribution is 2.72. The van der Waals surface area contributed by atoms with Gasteiger partial charge in [-0.3, -0.25) is 9.13 Å². The van der Waals surface area contributed by atoms with Crippen molar-refractivity contribution < 1.29 is 33.4 Å². The zero-order valence-electron chi connectivity index (χ0n) is 21.7. The molecule has 1 aromatic rings. The van der Waals surface area contributed by atoms with Gasteiger partial charge in [-0.15, -0.1) is 0 Å². The highest BCUT2D eigenvalue weighted by Gasteiger charge is 2.59. The Balaban J connectivity index is 2.74. The Morgan fingerprint density at radius 2 is 1.20 bits per heavy atom. The van der Waals surface area contributed by atoms with E-state index in [1.54, 1.807) is 24.3 Å². The number of ether oxygens (including phenoxy) is 1. The Morgan fingerprint density at radius 1 is 0.714 bits per heavy atom. The van der Waals surface area contributed by atoms with Crippen molar-refractivity contribution in [2.75, 3.05) is 6.61 Å². The lowest BCUT2D eigenvalue weighted by atomic mass is 10.0. The van der Waals surface area contributed by atoms with Gasteiger partial charge in [-0.05, 0) is 30.5 Å². The van der Waals surface area contributed by atoms with E-state index in [9.17, 15) is 28.7 Å². The van der Waals surface area contributed by atoms with Gasteiger partial charge < -0.3 is 24.3 Å². The van der Waals surface area contributed by atoms with Crippen molar-refractivity contribution >= 4 is 15.2 Å². The summed E-state index contributed by atoms with van der Waals surface area (Å²) in [5.41, 5.74) is 0.455. The van der Waals surface area contributed by atoms with Gasteiger partial charge in [0.25, 0.3) is 0 Å². The second-order valence-electron chi connectivity index (χ2n) is 9.74. The molecule has 0 spiro atoms. The van der Waals surface area contributed by atoms with E-state index in [4.69, 9.17) is 4.74 Å². The zero-order chi connectivity index (χ0) is 26.2. The van der Waals surface area contributed by atoms with E-state index in [-0.39, 0.29) is 6.42 Å². The molecule has 0 bridgehead atoms. The Morgan fingerprint density at radius 3 is 1.71 bits per heavy atom. The van der Waals surface area contributed by atoms with Gasteiger partial charge in [-0.2, -0.15) is 0 Å². The summed E-state index contributed by atoms with van der Waals surface area (Å²) in [6.07, 6.45) is 14.0. The maximum atomic E-state index is 12.5. The number of hydrogen-bond donors (Lipinski definition) is 4. The van der Waals surface area contributed by atoms with Crippen molar-refractivity contribution in [3.63, 3.8) is 0 Å². The molecule has 0 saturated carbocycles. The van der Waals surface area contributed by atoms with Crippen molar-refractivity contribution in [1.29, 1.82) is 0 Å². The van der Waals surface area contributed by atoms with Crippen LogP contribution in [0.1, 0.15) is 116 Å². The summed E-state index contributed by atoms with van der Waals surface area (Å²) < 4.78 is 30.8. The third kappa shape index (κ3) is 11.9. The fraction of sp³-hybridized carbons (Fsp3) is 0.769. The summed E-state index contributed by atoms with van der Waals surface area (Å²) >= 11 is 0. The second-order valence-corrected chi connectivity index (χ2v) is 14.0. The topological polar surface area (TPSA) is 124 Å². The van der Waals surface area contributed by atoms with E-state index in [0.29, 0.717) is 30.8 Å². The summed E-state index contributed by atoms with van der Waals surface area (Å²) in [6, 6.07) is 6.75. The van der Waals surface area contributed by atoms with E-state index >= 15 is 0 Å². The van der Waals surface area contributed by atoms with Crippen LogP contribution in [0.25, 0.3) is 0 Å². The molecular formula is C26H48O7P2. The monoisotopic (exact) mass is 534 g/mol. The summed E-state index contributed by atoms with van der Waals surface area (Å²) in [5, 5.41) is 0. The molecule has 7 nitrogen and oxygen atoms in total. The molecule has 0 unspecified atom stereocenters. The number of unbranched alkanes of at least 4 members (excludes halogenated alkanes) is 12. The van der Waals surface area contributed by atoms with Crippen molar-refractivity contribution in [2.24, 2.45) is 0 Å². The van der Waals surface area contributed by atoms with Gasteiger partial charge in [-0.25, -0.2) is 0 Å². The largest absolute Gasteiger partial charge is 0.494 e. The van der Waals surface area contributed by atoms with Crippen molar-refractivity contribution in [3.8, 4) is 5.75 Å². The van der Waals surface area contributed by atoms with Crippen LogP contribution in [0.5, 0.6) is 5.75 Å². The van der Waals surface area contributed by atoms with E-state index in [2.05, 4.69) is 13.8 Å². The first-order valence-corrected chi connectivity index (χ1v) is 16.6. The normalized spacial score (nSPS) is 12.7. The summed E-state index contributed by atoms with van der Waals surface area (Å²) in [5.74, 6) is 0.551. The molecule has 1 aromatic carbocycles. The minimum absolute atomic E-state index is 0.225. The molecule has 0 saturated heterocycles. The van der Waals surface area contributed by atoms with E-state index in [0.717, 1.165) is 38.5 Å². The third-order valence-corrected chi connectivity index (χ3v) is 11.2. The van der Waals surface area contributed by atoms with E-state index < -0.39 is 26.5 Å². The SMILES string of the molecule is CCCCCCCCCCOc1cccc(CC(CCCCCCCC)(P(=O)(O)O)P(=O)(O)O)c1. The molecule has 9 heteroatoms. The van der Waals surface area contributed by atoms with E-state index in [1.807, 2.05) is 0 Å². The average molecular weight is 535 g/mol. The van der Waals surface area contributed by atoms with Gasteiger partial charge >= 0.3 is 15.2 Å². The van der Waals surface area contributed by atoms with Gasteiger partial charge in [0.2, 0.25) is 0 Å². The molecule has 0 heterocycles. The standard InChI is InChI=1S/C26H48O7P2/c1-3-5-7-9-11-12-14-16-21-33-25-19-17-18-24(22-25)23-26(34(27,28)29,35(30,31)32)20-15-13-10-8-6-4-2/h17-19,22H,3-16,20-21,23H2,1-2H3,(H2,27,28,29)(H2,30,31,32). The smallest absolute Gasteiger partial charge is 0.344 e. The highest BCUT2D eigenvalue weighted by atomic mass is 31.2. The molecule has 4 N–H and O–H groups in total. The molecule has 0 amide bonds. The van der Waals surface area contributed by atoms with Gasteiger partial charge in [0.15, 0.2) is 4.90 Å². The first-order chi connectivity index (χ1) is 16.6. The van der Waals surface area contributed by atoms with Gasteiger partial charge in [0, 0.05) is 6.42 Å². The van der Waals surface area contributed by atoms with Crippen LogP contribution in [0.4, 0.5) is 0 Å². The van der Waals surface area contributed by atoms with Crippen LogP contribution >= 0.6 is 15.2 Å². The maximum absolute atomic E-state index is 12.5. The van der Waals surface area contributed by atoms with Crippen molar-refractivity contribution in [3.05, 3.63) is 29.8 Å². The maximum Gasteiger partial charge on any atom is 0.344 e. The Bertz CT molecular complexity index is 766. The van der Waals surface area contributed by atoms with Crippen LogP contribution in [-0.2, 0) is 15.6 Å². The van der Waals surface area contributed by atoms with Crippen LogP contribution in [-0.4, -0.2) is 31.1 Å². The molecule has 0 fully saturated rings. The quantitative estimate of drug-likeness (QED) is 0.0948. The molecule has 0 aliphatic carbocycles. The molecule has 0 radical (unpaired) electrons. The number of rotatable bonds is 21. The Labute approximate surface area is 212 Å². The number of benzene rings is 1. The first kappa shape index (κ1) is 32.3. The second kappa shape index (κ2) is 16.9. The average Bonchev–Trinajstić information content (AvgIpc) is 2.78. The molecule has 1 rings (SSSR count). The Kier molecular flexibility index (Phi) is 15.7. The molecule has 0 aliphatic heterocycles. The lowest BCUT2D eigenvalue weighted by molar-refractivity contribution is 0.294. The molecule has 35 heavy (non-hydrogen) atoms. The molecular weight excluding hydrogens is 486 g/mol. The van der Waals surface area contributed by atoms with Crippen LogP contribution in [0.2, 0.25) is 0 Å². The molecule has 0 aliphatic rings. The third-order valence-electron chi connectivity index (χ3n) is 6.67. The predicted molar refractivity (Wildman–Crippen MR) is 143 cm³/mol. The van der Waals surface area contributed by atoms with Crippen molar-refractivity contribution in [1.82, 2.24) is 0 Å². The summed E-state index contributed by atoms with van der Waals surface area (Å²) in [4.78, 5) is 38.0. The summed E-state index contributed by atoms with van der Waals surface area (Å²) in [7, 11) is -10.2.